The minimum Gasteiger partial charge on any atom is -0.487 e. The van der Waals surface area contributed by atoms with Crippen molar-refractivity contribution in [3.8, 4) is 5.75 Å². The number of oxazole rings is 1. The first-order valence-electron chi connectivity index (χ1n) is 9.72. The Balaban J connectivity index is 1.40. The van der Waals surface area contributed by atoms with Crippen LogP contribution in [0.4, 0.5) is 0 Å². The molecule has 4 rings (SSSR count). The Hall–Kier alpha value is -3.86. The fourth-order valence-corrected chi connectivity index (χ4v) is 3.01. The molecule has 0 atom stereocenters. The van der Waals surface area contributed by atoms with Crippen LogP contribution in [-0.4, -0.2) is 17.6 Å². The lowest BCUT2D eigenvalue weighted by atomic mass is 10.1. The molecule has 0 saturated heterocycles. The fourth-order valence-electron chi connectivity index (χ4n) is 3.01. The molecule has 0 fully saturated rings. The SMILES string of the molecule is CCOC(=O)c1ccc2cc(OCc3coc(/C=C/c4ccccc4)n3)ccc2c1. The number of carbonyl (C=O) groups is 1. The van der Waals surface area contributed by atoms with E-state index in [4.69, 9.17) is 13.9 Å². The maximum Gasteiger partial charge on any atom is 0.338 e. The summed E-state index contributed by atoms with van der Waals surface area (Å²) in [7, 11) is 0. The maximum atomic E-state index is 11.9. The van der Waals surface area contributed by atoms with E-state index in [1.54, 1.807) is 19.3 Å². The lowest BCUT2D eigenvalue weighted by Crippen LogP contribution is -2.04. The molecule has 1 aromatic heterocycles. The van der Waals surface area contributed by atoms with Gasteiger partial charge in [-0.25, -0.2) is 9.78 Å². The van der Waals surface area contributed by atoms with Gasteiger partial charge in [-0.2, -0.15) is 0 Å². The second kappa shape index (κ2) is 9.09. The maximum absolute atomic E-state index is 11.9. The molecule has 0 saturated carbocycles. The third kappa shape index (κ3) is 4.75. The van der Waals surface area contributed by atoms with E-state index in [9.17, 15) is 4.79 Å². The van der Waals surface area contributed by atoms with Crippen LogP contribution in [0.15, 0.2) is 77.4 Å². The van der Waals surface area contributed by atoms with Crippen LogP contribution >= 0.6 is 0 Å². The number of carbonyl (C=O) groups excluding carboxylic acids is 1. The molecule has 0 aliphatic heterocycles. The van der Waals surface area contributed by atoms with Gasteiger partial charge >= 0.3 is 5.97 Å². The van der Waals surface area contributed by atoms with E-state index in [1.165, 1.54) is 0 Å². The fraction of sp³-hybridized carbons (Fsp3) is 0.120. The first kappa shape index (κ1) is 19.5. The van der Waals surface area contributed by atoms with Crippen molar-refractivity contribution in [3.63, 3.8) is 0 Å². The minimum absolute atomic E-state index is 0.301. The predicted octanol–water partition coefficient (Wildman–Crippen LogP) is 5.75. The van der Waals surface area contributed by atoms with Gasteiger partial charge in [0.25, 0.3) is 0 Å². The molecule has 0 spiro atoms. The summed E-state index contributed by atoms with van der Waals surface area (Å²) >= 11 is 0. The first-order valence-corrected chi connectivity index (χ1v) is 9.72. The van der Waals surface area contributed by atoms with Crippen LogP contribution in [0, 0.1) is 0 Å². The normalized spacial score (nSPS) is 11.1. The number of esters is 1. The van der Waals surface area contributed by atoms with E-state index in [0.717, 1.165) is 22.1 Å². The average Bonchev–Trinajstić information content (AvgIpc) is 3.24. The Labute approximate surface area is 174 Å². The van der Waals surface area contributed by atoms with Gasteiger partial charge in [-0.05, 0) is 53.6 Å². The lowest BCUT2D eigenvalue weighted by molar-refractivity contribution is 0.0526. The zero-order valence-corrected chi connectivity index (χ0v) is 16.6. The van der Waals surface area contributed by atoms with E-state index in [1.807, 2.05) is 72.8 Å². The molecule has 0 radical (unpaired) electrons. The van der Waals surface area contributed by atoms with Crippen LogP contribution < -0.4 is 4.74 Å². The second-order valence-corrected chi connectivity index (χ2v) is 6.65. The highest BCUT2D eigenvalue weighted by atomic mass is 16.5. The van der Waals surface area contributed by atoms with E-state index in [2.05, 4.69) is 4.98 Å². The Bertz CT molecular complexity index is 1180. The highest BCUT2D eigenvalue weighted by Gasteiger charge is 2.08. The topological polar surface area (TPSA) is 61.6 Å². The summed E-state index contributed by atoms with van der Waals surface area (Å²) in [6.45, 7) is 2.45. The summed E-state index contributed by atoms with van der Waals surface area (Å²) in [6, 6.07) is 21.1. The van der Waals surface area contributed by atoms with Crippen LogP contribution in [0.2, 0.25) is 0 Å². The molecule has 5 heteroatoms. The number of benzene rings is 3. The van der Waals surface area contributed by atoms with Crippen molar-refractivity contribution in [2.24, 2.45) is 0 Å². The monoisotopic (exact) mass is 399 g/mol. The summed E-state index contributed by atoms with van der Waals surface area (Å²) < 4.78 is 16.4. The van der Waals surface area contributed by atoms with Gasteiger partial charge in [0.15, 0.2) is 0 Å². The van der Waals surface area contributed by atoms with Crippen LogP contribution in [0.5, 0.6) is 5.75 Å². The number of hydrogen-bond donors (Lipinski definition) is 0. The molecule has 0 N–H and O–H groups in total. The quantitative estimate of drug-likeness (QED) is 0.370. The van der Waals surface area contributed by atoms with E-state index >= 15 is 0 Å². The van der Waals surface area contributed by atoms with Crippen molar-refractivity contribution in [2.75, 3.05) is 6.61 Å². The average molecular weight is 399 g/mol. The van der Waals surface area contributed by atoms with Gasteiger partial charge in [0.1, 0.15) is 24.3 Å². The molecule has 30 heavy (non-hydrogen) atoms. The summed E-state index contributed by atoms with van der Waals surface area (Å²) in [4.78, 5) is 16.3. The Morgan fingerprint density at radius 3 is 2.63 bits per heavy atom. The molecule has 0 aliphatic rings. The smallest absolute Gasteiger partial charge is 0.338 e. The molecule has 3 aromatic carbocycles. The van der Waals surface area contributed by atoms with Gasteiger partial charge in [-0.3, -0.25) is 0 Å². The zero-order valence-electron chi connectivity index (χ0n) is 16.6. The van der Waals surface area contributed by atoms with Gasteiger partial charge in [0.05, 0.1) is 12.2 Å². The number of aromatic nitrogens is 1. The molecule has 0 unspecified atom stereocenters. The third-order valence-electron chi connectivity index (χ3n) is 4.50. The lowest BCUT2D eigenvalue weighted by Gasteiger charge is -2.07. The van der Waals surface area contributed by atoms with Crippen LogP contribution in [0.3, 0.4) is 0 Å². The summed E-state index contributed by atoms with van der Waals surface area (Å²) in [6.07, 6.45) is 5.37. The number of nitrogens with zero attached hydrogens (tertiary/aromatic N) is 1. The van der Waals surface area contributed by atoms with Crippen molar-refractivity contribution in [3.05, 3.63) is 95.7 Å². The summed E-state index contributed by atoms with van der Waals surface area (Å²) in [5.74, 6) is 0.932. The zero-order chi connectivity index (χ0) is 20.8. The second-order valence-electron chi connectivity index (χ2n) is 6.65. The number of fused-ring (bicyclic) bond motifs is 1. The third-order valence-corrected chi connectivity index (χ3v) is 4.50. The van der Waals surface area contributed by atoms with Crippen molar-refractivity contribution < 1.29 is 18.7 Å². The first-order chi connectivity index (χ1) is 14.7. The molecule has 0 aliphatic carbocycles. The Morgan fingerprint density at radius 1 is 1.00 bits per heavy atom. The molecular weight excluding hydrogens is 378 g/mol. The summed E-state index contributed by atoms with van der Waals surface area (Å²) in [5, 5.41) is 1.93. The molecule has 4 aromatic rings. The van der Waals surface area contributed by atoms with Crippen LogP contribution in [0.1, 0.15) is 34.4 Å². The van der Waals surface area contributed by atoms with Gasteiger partial charge in [-0.1, -0.05) is 42.5 Å². The van der Waals surface area contributed by atoms with E-state index < -0.39 is 0 Å². The predicted molar refractivity (Wildman–Crippen MR) is 116 cm³/mol. The van der Waals surface area contributed by atoms with E-state index in [-0.39, 0.29) is 5.97 Å². The molecule has 150 valence electrons. The number of hydrogen-bond acceptors (Lipinski definition) is 5. The molecular formula is C25H21NO4. The standard InChI is InChI=1S/C25H21NO4/c1-2-28-25(27)21-10-9-20-15-23(12-11-19(20)14-21)29-16-22-17-30-24(26-22)13-8-18-6-4-3-5-7-18/h3-15,17H,2,16H2,1H3/b13-8+. The molecule has 0 amide bonds. The minimum atomic E-state index is -0.317. The van der Waals surface area contributed by atoms with Gasteiger partial charge < -0.3 is 13.9 Å². The van der Waals surface area contributed by atoms with Gasteiger partial charge in [0.2, 0.25) is 5.89 Å². The van der Waals surface area contributed by atoms with Crippen molar-refractivity contribution in [1.29, 1.82) is 0 Å². The van der Waals surface area contributed by atoms with Crippen LogP contribution in [-0.2, 0) is 11.3 Å². The molecule has 0 bridgehead atoms. The number of rotatable bonds is 7. The van der Waals surface area contributed by atoms with Gasteiger partial charge in [-0.15, -0.1) is 0 Å². The van der Waals surface area contributed by atoms with Crippen molar-refractivity contribution in [1.82, 2.24) is 4.98 Å². The Kier molecular flexibility index (Phi) is 5.90. The highest BCUT2D eigenvalue weighted by molar-refractivity contribution is 5.95. The molecule has 5 nitrogen and oxygen atoms in total. The van der Waals surface area contributed by atoms with Gasteiger partial charge in [0, 0.05) is 6.08 Å². The highest BCUT2D eigenvalue weighted by Crippen LogP contribution is 2.23. The summed E-state index contributed by atoms with van der Waals surface area (Å²) in [5.41, 5.74) is 2.33. The Morgan fingerprint density at radius 2 is 1.80 bits per heavy atom. The molecule has 1 heterocycles. The van der Waals surface area contributed by atoms with Crippen molar-refractivity contribution in [2.45, 2.75) is 13.5 Å². The van der Waals surface area contributed by atoms with Crippen LogP contribution in [0.25, 0.3) is 22.9 Å². The largest absolute Gasteiger partial charge is 0.487 e. The van der Waals surface area contributed by atoms with E-state index in [0.29, 0.717) is 30.4 Å². The number of ether oxygens (including phenoxy) is 2. The van der Waals surface area contributed by atoms with Crippen molar-refractivity contribution >= 4 is 28.9 Å².